The van der Waals surface area contributed by atoms with Crippen LogP contribution in [-0.4, -0.2) is 52.8 Å². The molecule has 1 saturated heterocycles. The Labute approximate surface area is 259 Å². The molecule has 7 nitrogen and oxygen atoms in total. The molecule has 5 rings (SSSR count). The first-order chi connectivity index (χ1) is 21.5. The van der Waals surface area contributed by atoms with Gasteiger partial charge in [0.25, 0.3) is 11.7 Å². The number of hydrogen-bond acceptors (Lipinski definition) is 6. The van der Waals surface area contributed by atoms with Crippen molar-refractivity contribution in [3.05, 3.63) is 131 Å². The number of ether oxygens (including phenoxy) is 2. The van der Waals surface area contributed by atoms with Crippen LogP contribution in [0.5, 0.6) is 17.2 Å². The summed E-state index contributed by atoms with van der Waals surface area (Å²) in [6, 6.07) is 32.8. The number of rotatable bonds is 13. The minimum atomic E-state index is -0.764. The van der Waals surface area contributed by atoms with E-state index in [9.17, 15) is 14.7 Å². The molecule has 0 aromatic heterocycles. The number of ketones is 1. The molecule has 0 saturated carbocycles. The Morgan fingerprint density at radius 1 is 0.795 bits per heavy atom. The summed E-state index contributed by atoms with van der Waals surface area (Å²) in [5.74, 6) is 0.338. The van der Waals surface area contributed by atoms with Gasteiger partial charge in [-0.15, -0.1) is 0 Å². The summed E-state index contributed by atoms with van der Waals surface area (Å²) in [6.07, 6.45) is 0.693. The molecule has 0 radical (unpaired) electrons. The lowest BCUT2D eigenvalue weighted by Gasteiger charge is -2.27. The number of nitrogens with zero attached hydrogens (tertiary/aromatic N) is 2. The highest BCUT2D eigenvalue weighted by atomic mass is 16.5. The van der Waals surface area contributed by atoms with Crippen LogP contribution in [0.2, 0.25) is 0 Å². The highest BCUT2D eigenvalue weighted by Crippen LogP contribution is 2.41. The first-order valence-corrected chi connectivity index (χ1v) is 15.1. The average molecular weight is 591 g/mol. The van der Waals surface area contributed by atoms with Gasteiger partial charge in [0.1, 0.15) is 29.6 Å². The highest BCUT2D eigenvalue weighted by molar-refractivity contribution is 6.46. The van der Waals surface area contributed by atoms with Gasteiger partial charge in [0.15, 0.2) is 0 Å². The molecule has 1 N–H and O–H groups in total. The van der Waals surface area contributed by atoms with E-state index in [1.54, 1.807) is 29.2 Å². The van der Waals surface area contributed by atoms with Gasteiger partial charge in [-0.05, 0) is 85.7 Å². The fraction of sp³-hybridized carbons (Fsp3) is 0.243. The quantitative estimate of drug-likeness (QED) is 0.101. The van der Waals surface area contributed by atoms with Gasteiger partial charge in [0.05, 0.1) is 11.6 Å². The number of Topliss-reactive ketones (excluding diaryl/α,β-unsaturated/α-hetero) is 1. The lowest BCUT2D eigenvalue weighted by Crippen LogP contribution is -2.33. The molecule has 1 heterocycles. The Kier molecular flexibility index (Phi) is 10.1. The van der Waals surface area contributed by atoms with E-state index < -0.39 is 17.7 Å². The van der Waals surface area contributed by atoms with E-state index in [4.69, 9.17) is 9.47 Å². The molecule has 7 heteroatoms. The molecule has 44 heavy (non-hydrogen) atoms. The van der Waals surface area contributed by atoms with Crippen LogP contribution in [0.4, 0.5) is 0 Å². The fourth-order valence-corrected chi connectivity index (χ4v) is 5.44. The zero-order valence-corrected chi connectivity index (χ0v) is 25.2. The molecule has 1 aliphatic rings. The second-order valence-corrected chi connectivity index (χ2v) is 10.7. The normalized spacial score (nSPS) is 16.0. The molecule has 0 aliphatic carbocycles. The molecule has 0 spiro atoms. The SMILES string of the molecule is CCN(CC)CCCN1C(=O)C(=O)C(=C(O)c2ccc(OCc3ccccc3)cc2)C1c1cccc(Oc2ccccc2)c1. The van der Waals surface area contributed by atoms with Crippen molar-refractivity contribution in [3.8, 4) is 17.2 Å². The minimum absolute atomic E-state index is 0.0626. The summed E-state index contributed by atoms with van der Waals surface area (Å²) in [7, 11) is 0. The molecule has 226 valence electrons. The molecular weight excluding hydrogens is 552 g/mol. The van der Waals surface area contributed by atoms with Crippen molar-refractivity contribution < 1.29 is 24.2 Å². The van der Waals surface area contributed by atoms with Gasteiger partial charge >= 0.3 is 0 Å². The minimum Gasteiger partial charge on any atom is -0.507 e. The summed E-state index contributed by atoms with van der Waals surface area (Å²) >= 11 is 0. The molecule has 1 aliphatic heterocycles. The van der Waals surface area contributed by atoms with Crippen LogP contribution in [-0.2, 0) is 16.2 Å². The average Bonchev–Trinajstić information content (AvgIpc) is 3.32. The predicted octanol–water partition coefficient (Wildman–Crippen LogP) is 7.21. The number of aliphatic hydroxyl groups excluding tert-OH is 1. The van der Waals surface area contributed by atoms with E-state index in [1.165, 1.54) is 0 Å². The monoisotopic (exact) mass is 590 g/mol. The summed E-state index contributed by atoms with van der Waals surface area (Å²) in [6.45, 7) is 7.60. The van der Waals surface area contributed by atoms with Gasteiger partial charge in [0, 0.05) is 12.1 Å². The van der Waals surface area contributed by atoms with Crippen molar-refractivity contribution in [2.45, 2.75) is 32.9 Å². The number of amides is 1. The maximum absolute atomic E-state index is 13.6. The van der Waals surface area contributed by atoms with Crippen LogP contribution < -0.4 is 9.47 Å². The van der Waals surface area contributed by atoms with Crippen molar-refractivity contribution >= 4 is 17.4 Å². The van der Waals surface area contributed by atoms with Gasteiger partial charge in [-0.25, -0.2) is 0 Å². The Hall–Kier alpha value is -4.88. The maximum atomic E-state index is 13.6. The number of para-hydroxylation sites is 1. The van der Waals surface area contributed by atoms with E-state index in [1.807, 2.05) is 84.9 Å². The Morgan fingerprint density at radius 2 is 1.45 bits per heavy atom. The first kappa shape index (κ1) is 30.6. The van der Waals surface area contributed by atoms with Crippen LogP contribution in [0.1, 0.15) is 43.0 Å². The van der Waals surface area contributed by atoms with Crippen LogP contribution in [0.25, 0.3) is 5.76 Å². The van der Waals surface area contributed by atoms with Crippen molar-refractivity contribution in [2.24, 2.45) is 0 Å². The lowest BCUT2D eigenvalue weighted by molar-refractivity contribution is -0.140. The van der Waals surface area contributed by atoms with Crippen molar-refractivity contribution in [3.63, 3.8) is 0 Å². The summed E-state index contributed by atoms with van der Waals surface area (Å²) < 4.78 is 12.0. The molecule has 4 aromatic carbocycles. The van der Waals surface area contributed by atoms with Gasteiger partial charge < -0.3 is 24.4 Å². The van der Waals surface area contributed by atoms with Crippen LogP contribution in [0, 0.1) is 0 Å². The first-order valence-electron chi connectivity index (χ1n) is 15.1. The van der Waals surface area contributed by atoms with E-state index in [0.717, 1.165) is 25.2 Å². The maximum Gasteiger partial charge on any atom is 0.295 e. The number of carbonyl (C=O) groups is 2. The van der Waals surface area contributed by atoms with E-state index in [-0.39, 0.29) is 11.3 Å². The predicted molar refractivity (Wildman–Crippen MR) is 172 cm³/mol. The highest BCUT2D eigenvalue weighted by Gasteiger charge is 2.46. The third-order valence-corrected chi connectivity index (χ3v) is 7.84. The number of benzene rings is 4. The zero-order chi connectivity index (χ0) is 30.9. The molecule has 1 unspecified atom stereocenters. The third kappa shape index (κ3) is 7.18. The number of aliphatic hydroxyl groups is 1. The van der Waals surface area contributed by atoms with Crippen LogP contribution in [0.3, 0.4) is 0 Å². The second kappa shape index (κ2) is 14.5. The summed E-state index contributed by atoms with van der Waals surface area (Å²) in [5.41, 5.74) is 2.22. The number of carbonyl (C=O) groups excluding carboxylic acids is 2. The van der Waals surface area contributed by atoms with E-state index in [0.29, 0.717) is 47.9 Å². The van der Waals surface area contributed by atoms with E-state index in [2.05, 4.69) is 18.7 Å². The van der Waals surface area contributed by atoms with Crippen molar-refractivity contribution in [1.29, 1.82) is 0 Å². The Bertz CT molecular complexity index is 1580. The molecule has 4 aromatic rings. The zero-order valence-electron chi connectivity index (χ0n) is 25.2. The van der Waals surface area contributed by atoms with Gasteiger partial charge in [-0.2, -0.15) is 0 Å². The molecule has 0 bridgehead atoms. The number of hydrogen-bond donors (Lipinski definition) is 1. The molecule has 1 fully saturated rings. The molecule has 1 amide bonds. The van der Waals surface area contributed by atoms with Crippen LogP contribution in [0.15, 0.2) is 115 Å². The van der Waals surface area contributed by atoms with Crippen LogP contribution >= 0.6 is 0 Å². The van der Waals surface area contributed by atoms with Crippen molar-refractivity contribution in [2.75, 3.05) is 26.2 Å². The molecular formula is C37H38N2O5. The largest absolute Gasteiger partial charge is 0.507 e. The van der Waals surface area contributed by atoms with E-state index >= 15 is 0 Å². The summed E-state index contributed by atoms with van der Waals surface area (Å²) in [4.78, 5) is 30.9. The van der Waals surface area contributed by atoms with Crippen molar-refractivity contribution in [1.82, 2.24) is 9.80 Å². The van der Waals surface area contributed by atoms with Gasteiger partial charge in [-0.1, -0.05) is 74.5 Å². The topological polar surface area (TPSA) is 79.3 Å². The Balaban J connectivity index is 1.46. The lowest BCUT2D eigenvalue weighted by atomic mass is 9.95. The third-order valence-electron chi connectivity index (χ3n) is 7.84. The Morgan fingerprint density at radius 3 is 2.14 bits per heavy atom. The standard InChI is InChI=1S/C37H38N2O5/c1-3-38(4-2)23-12-24-39-34(29-15-11-18-32(25-29)44-31-16-9-6-10-17-31)33(36(41)37(39)42)35(40)28-19-21-30(22-20-28)43-26-27-13-7-5-8-14-27/h5-11,13-22,25,34,40H,3-4,12,23-24,26H2,1-2H3. The molecule has 1 atom stereocenters. The van der Waals surface area contributed by atoms with Gasteiger partial charge in [-0.3, -0.25) is 9.59 Å². The summed E-state index contributed by atoms with van der Waals surface area (Å²) in [5, 5.41) is 11.6. The smallest absolute Gasteiger partial charge is 0.295 e. The second-order valence-electron chi connectivity index (χ2n) is 10.7. The van der Waals surface area contributed by atoms with Gasteiger partial charge in [0.2, 0.25) is 0 Å². The fourth-order valence-electron chi connectivity index (χ4n) is 5.44. The number of likely N-dealkylation sites (tertiary alicyclic amines) is 1.